The van der Waals surface area contributed by atoms with Crippen LogP contribution >= 0.6 is 31.9 Å². The number of carbonyl (C=O) groups is 3. The van der Waals surface area contributed by atoms with E-state index in [0.717, 1.165) is 20.1 Å². The minimum absolute atomic E-state index is 0.234. The molecule has 7 nitrogen and oxygen atoms in total. The average Bonchev–Trinajstić information content (AvgIpc) is 2.84. The van der Waals surface area contributed by atoms with Gasteiger partial charge in [0.1, 0.15) is 5.75 Å². The molecule has 186 valence electrons. The molecule has 0 fully saturated rings. The first-order valence-corrected chi connectivity index (χ1v) is 12.4. The van der Waals surface area contributed by atoms with Gasteiger partial charge in [-0.1, -0.05) is 50.1 Å². The largest absolute Gasteiger partial charge is 0.423 e. The molecule has 0 radical (unpaired) electrons. The molecule has 0 N–H and O–H groups in total. The number of halogens is 2. The number of esters is 2. The Kier molecular flexibility index (Phi) is 8.81. The Morgan fingerprint density at radius 1 is 0.806 bits per heavy atom. The summed E-state index contributed by atoms with van der Waals surface area (Å²) < 4.78 is 12.6. The normalized spacial score (nSPS) is 12.9. The van der Waals surface area contributed by atoms with Crippen LogP contribution in [0.25, 0.3) is 0 Å². The van der Waals surface area contributed by atoms with Gasteiger partial charge in [-0.05, 0) is 92.5 Å². The van der Waals surface area contributed by atoms with Crippen molar-refractivity contribution in [1.29, 1.82) is 0 Å². The van der Waals surface area contributed by atoms with Crippen LogP contribution in [0.1, 0.15) is 40.9 Å². The summed E-state index contributed by atoms with van der Waals surface area (Å²) in [6.45, 7) is 6.01. The molecule has 0 saturated carbocycles. The van der Waals surface area contributed by atoms with Gasteiger partial charge in [-0.3, -0.25) is 4.79 Å². The molecule has 0 aliphatic heterocycles. The monoisotopic (exact) mass is 615 g/mol. The number of oxime groups is 1. The molecule has 0 spiro atoms. The molecule has 36 heavy (non-hydrogen) atoms. The van der Waals surface area contributed by atoms with Crippen molar-refractivity contribution in [1.82, 2.24) is 0 Å². The molecule has 0 aliphatic rings. The van der Waals surface area contributed by atoms with Gasteiger partial charge in [0, 0.05) is 14.5 Å². The Morgan fingerprint density at radius 2 is 1.31 bits per heavy atom. The number of hydrogen-bond donors (Lipinski definition) is 0. The second-order valence-electron chi connectivity index (χ2n) is 8.09. The summed E-state index contributed by atoms with van der Waals surface area (Å²) in [5.74, 6) is -2.20. The lowest BCUT2D eigenvalue weighted by Crippen LogP contribution is -2.47. The smallest absolute Gasteiger partial charge is 0.366 e. The van der Waals surface area contributed by atoms with Gasteiger partial charge in [-0.15, -0.1) is 0 Å². The molecule has 0 bridgehead atoms. The number of carbonyl (C=O) groups excluding carboxylic acids is 3. The predicted octanol–water partition coefficient (Wildman–Crippen LogP) is 6.32. The Morgan fingerprint density at radius 3 is 1.81 bits per heavy atom. The fourth-order valence-corrected chi connectivity index (χ4v) is 3.51. The van der Waals surface area contributed by atoms with Crippen LogP contribution in [0.2, 0.25) is 0 Å². The highest BCUT2D eigenvalue weighted by Crippen LogP contribution is 2.26. The number of para-hydroxylation sites is 1. The number of ketones is 1. The SMILES string of the molecule is CC(=O)[C@](C)(O/N=C(\OC(=O)c1ccc(Br)cc1)c1ccc(Br)cc1)C(=O)Oc1c(C)cccc1C. The second-order valence-corrected chi connectivity index (χ2v) is 9.92. The average molecular weight is 617 g/mol. The topological polar surface area (TPSA) is 91.3 Å². The molecule has 3 aromatic rings. The van der Waals surface area contributed by atoms with Gasteiger partial charge in [-0.25, -0.2) is 9.59 Å². The van der Waals surface area contributed by atoms with E-state index in [4.69, 9.17) is 14.3 Å². The molecule has 3 aromatic carbocycles. The van der Waals surface area contributed by atoms with E-state index in [1.54, 1.807) is 74.5 Å². The van der Waals surface area contributed by atoms with E-state index < -0.39 is 23.3 Å². The lowest BCUT2D eigenvalue weighted by molar-refractivity contribution is -0.167. The molecule has 1 atom stereocenters. The first kappa shape index (κ1) is 27.3. The van der Waals surface area contributed by atoms with E-state index in [1.807, 2.05) is 6.07 Å². The number of hydrogen-bond acceptors (Lipinski definition) is 7. The van der Waals surface area contributed by atoms with E-state index >= 15 is 0 Å². The van der Waals surface area contributed by atoms with Gasteiger partial charge in [0.25, 0.3) is 11.5 Å². The van der Waals surface area contributed by atoms with Crippen LogP contribution in [0.5, 0.6) is 5.75 Å². The number of ether oxygens (including phenoxy) is 2. The molecule has 0 amide bonds. The summed E-state index contributed by atoms with van der Waals surface area (Å²) in [7, 11) is 0. The van der Waals surface area contributed by atoms with Crippen LogP contribution in [-0.2, 0) is 19.2 Å². The van der Waals surface area contributed by atoms with Crippen molar-refractivity contribution in [2.24, 2.45) is 5.16 Å². The third-order valence-corrected chi connectivity index (χ3v) is 6.39. The Labute approximate surface area is 225 Å². The minimum atomic E-state index is -2.10. The zero-order valence-electron chi connectivity index (χ0n) is 20.0. The van der Waals surface area contributed by atoms with Gasteiger partial charge >= 0.3 is 11.9 Å². The summed E-state index contributed by atoms with van der Waals surface area (Å²) >= 11 is 6.67. The van der Waals surface area contributed by atoms with Gasteiger partial charge in [0.2, 0.25) is 0 Å². The minimum Gasteiger partial charge on any atom is -0.423 e. The Bertz CT molecular complexity index is 1300. The highest BCUT2D eigenvalue weighted by atomic mass is 79.9. The first-order chi connectivity index (χ1) is 17.0. The molecule has 0 aliphatic carbocycles. The van der Waals surface area contributed by atoms with E-state index in [1.165, 1.54) is 13.8 Å². The van der Waals surface area contributed by atoms with Crippen LogP contribution < -0.4 is 4.74 Å². The summed E-state index contributed by atoms with van der Waals surface area (Å²) in [5.41, 5.74) is -0.00256. The highest BCUT2D eigenvalue weighted by molar-refractivity contribution is 9.10. The highest BCUT2D eigenvalue weighted by Gasteiger charge is 2.44. The molecule has 0 saturated heterocycles. The van der Waals surface area contributed by atoms with Crippen LogP contribution in [0.3, 0.4) is 0 Å². The first-order valence-electron chi connectivity index (χ1n) is 10.8. The zero-order chi connectivity index (χ0) is 26.5. The van der Waals surface area contributed by atoms with Gasteiger partial charge < -0.3 is 14.3 Å². The standard InChI is InChI=1S/C27H23Br2NO6/c1-16-6-5-7-17(2)23(16)34-26(33)27(4,18(3)31)36-30-24(19-8-12-21(28)13-9-19)35-25(32)20-10-14-22(29)15-11-20/h5-15H,1-4H3/b30-24-/t27-/m0/s1. The summed E-state index contributed by atoms with van der Waals surface area (Å²) in [6, 6.07) is 18.7. The van der Waals surface area contributed by atoms with Gasteiger partial charge in [-0.2, -0.15) is 0 Å². The molecular weight excluding hydrogens is 594 g/mol. The zero-order valence-corrected chi connectivity index (χ0v) is 23.2. The number of benzene rings is 3. The van der Waals surface area contributed by atoms with Gasteiger partial charge in [0.05, 0.1) is 5.56 Å². The Hall–Kier alpha value is -3.30. The van der Waals surface area contributed by atoms with Crippen molar-refractivity contribution in [3.63, 3.8) is 0 Å². The predicted molar refractivity (Wildman–Crippen MR) is 142 cm³/mol. The number of aryl methyl sites for hydroxylation is 2. The van der Waals surface area contributed by atoms with Crippen LogP contribution in [0.4, 0.5) is 0 Å². The van der Waals surface area contributed by atoms with E-state index in [9.17, 15) is 14.4 Å². The second kappa shape index (κ2) is 11.6. The summed E-state index contributed by atoms with van der Waals surface area (Å²) in [5, 5.41) is 3.93. The summed E-state index contributed by atoms with van der Waals surface area (Å²) in [6.07, 6.45) is 0. The maximum Gasteiger partial charge on any atom is 0.366 e. The van der Waals surface area contributed by atoms with Crippen LogP contribution in [-0.4, -0.2) is 29.2 Å². The third-order valence-electron chi connectivity index (χ3n) is 5.34. The van der Waals surface area contributed by atoms with Crippen LogP contribution in [0, 0.1) is 13.8 Å². The number of rotatable bonds is 7. The third kappa shape index (κ3) is 6.47. The molecule has 0 aromatic heterocycles. The van der Waals surface area contributed by atoms with Crippen LogP contribution in [0.15, 0.2) is 80.8 Å². The molecular formula is C27H23Br2NO6. The van der Waals surface area contributed by atoms with E-state index in [-0.39, 0.29) is 11.5 Å². The molecule has 0 heterocycles. The summed E-state index contributed by atoms with van der Waals surface area (Å²) in [4.78, 5) is 43.9. The van der Waals surface area contributed by atoms with Crippen molar-refractivity contribution in [2.45, 2.75) is 33.3 Å². The van der Waals surface area contributed by atoms with E-state index in [2.05, 4.69) is 37.0 Å². The van der Waals surface area contributed by atoms with Crippen molar-refractivity contribution in [3.05, 3.63) is 97.9 Å². The fourth-order valence-electron chi connectivity index (χ4n) is 2.98. The van der Waals surface area contributed by atoms with Crippen molar-refractivity contribution in [2.75, 3.05) is 0 Å². The lowest BCUT2D eigenvalue weighted by atomic mass is 10.0. The molecule has 0 unspecified atom stereocenters. The van der Waals surface area contributed by atoms with E-state index in [0.29, 0.717) is 11.3 Å². The maximum absolute atomic E-state index is 13.1. The number of nitrogens with zero attached hydrogens (tertiary/aromatic N) is 1. The number of Topliss-reactive ketones (excluding diaryl/α,β-unsaturated/α-hetero) is 1. The fraction of sp³-hybridized carbons (Fsp3) is 0.185. The lowest BCUT2D eigenvalue weighted by Gasteiger charge is -2.23. The van der Waals surface area contributed by atoms with Crippen molar-refractivity contribution >= 4 is 55.5 Å². The quantitative estimate of drug-likeness (QED) is 0.0771. The molecule has 9 heteroatoms. The van der Waals surface area contributed by atoms with Gasteiger partial charge in [0.15, 0.2) is 5.78 Å². The Balaban J connectivity index is 1.94. The van der Waals surface area contributed by atoms with Crippen molar-refractivity contribution < 1.29 is 28.7 Å². The maximum atomic E-state index is 13.1. The molecule has 3 rings (SSSR count). The van der Waals surface area contributed by atoms with Crippen molar-refractivity contribution in [3.8, 4) is 5.75 Å².